The smallest absolute Gasteiger partial charge is 0.170 e. The highest BCUT2D eigenvalue weighted by Crippen LogP contribution is 2.37. The van der Waals surface area contributed by atoms with Crippen LogP contribution in [0, 0.1) is 0 Å². The molecule has 2 atom stereocenters. The fourth-order valence-corrected chi connectivity index (χ4v) is 2.94. The van der Waals surface area contributed by atoms with E-state index in [0.29, 0.717) is 30.9 Å². The third-order valence-corrected chi connectivity index (χ3v) is 4.79. The Balaban J connectivity index is 1.36. The van der Waals surface area contributed by atoms with Crippen molar-refractivity contribution < 1.29 is 9.18 Å². The van der Waals surface area contributed by atoms with Gasteiger partial charge in [0.15, 0.2) is 5.78 Å². The van der Waals surface area contributed by atoms with E-state index in [1.54, 1.807) is 12.4 Å². The van der Waals surface area contributed by atoms with Gasteiger partial charge in [-0.05, 0) is 30.4 Å². The lowest BCUT2D eigenvalue weighted by Crippen LogP contribution is -2.55. The highest BCUT2D eigenvalue weighted by molar-refractivity contribution is 5.96. The Morgan fingerprint density at radius 1 is 1.12 bits per heavy atom. The SMILES string of the molecule is O=C(Cc1ccc(C[C@H]2NC[C@H]2F)cc1)c1cnc(C2CC2)nc1. The van der Waals surface area contributed by atoms with Crippen LogP contribution in [0.4, 0.5) is 4.39 Å². The predicted molar refractivity (Wildman–Crippen MR) is 88.9 cm³/mol. The van der Waals surface area contributed by atoms with Crippen molar-refractivity contribution in [2.75, 3.05) is 6.54 Å². The van der Waals surface area contributed by atoms with Crippen molar-refractivity contribution in [1.29, 1.82) is 0 Å². The fraction of sp³-hybridized carbons (Fsp3) is 0.421. The summed E-state index contributed by atoms with van der Waals surface area (Å²) >= 11 is 0. The number of hydrogen-bond donors (Lipinski definition) is 1. The molecule has 0 bridgehead atoms. The van der Waals surface area contributed by atoms with E-state index in [4.69, 9.17) is 0 Å². The van der Waals surface area contributed by atoms with E-state index in [1.165, 1.54) is 0 Å². The summed E-state index contributed by atoms with van der Waals surface area (Å²) in [5.74, 6) is 1.37. The first kappa shape index (κ1) is 15.4. The molecule has 1 N–H and O–H groups in total. The molecule has 0 spiro atoms. The number of ketones is 1. The van der Waals surface area contributed by atoms with E-state index in [2.05, 4.69) is 15.3 Å². The van der Waals surface area contributed by atoms with Crippen LogP contribution in [0.25, 0.3) is 0 Å². The first-order chi connectivity index (χ1) is 11.7. The molecule has 5 heteroatoms. The quantitative estimate of drug-likeness (QED) is 0.830. The average molecular weight is 325 g/mol. The van der Waals surface area contributed by atoms with Crippen LogP contribution >= 0.6 is 0 Å². The summed E-state index contributed by atoms with van der Waals surface area (Å²) in [6.45, 7) is 0.457. The predicted octanol–water partition coefficient (Wildman–Crippen LogP) is 2.63. The van der Waals surface area contributed by atoms with Crippen LogP contribution < -0.4 is 5.32 Å². The van der Waals surface area contributed by atoms with E-state index in [0.717, 1.165) is 29.8 Å². The largest absolute Gasteiger partial charge is 0.308 e. The number of nitrogens with zero attached hydrogens (tertiary/aromatic N) is 2. The number of halogens is 1. The molecule has 0 unspecified atom stereocenters. The highest BCUT2D eigenvalue weighted by Gasteiger charge is 2.29. The summed E-state index contributed by atoms with van der Waals surface area (Å²) < 4.78 is 13.3. The van der Waals surface area contributed by atoms with E-state index in [-0.39, 0.29) is 11.8 Å². The van der Waals surface area contributed by atoms with Crippen molar-refractivity contribution >= 4 is 5.78 Å². The first-order valence-electron chi connectivity index (χ1n) is 8.49. The van der Waals surface area contributed by atoms with Gasteiger partial charge >= 0.3 is 0 Å². The molecule has 4 nitrogen and oxygen atoms in total. The van der Waals surface area contributed by atoms with Gasteiger partial charge in [-0.3, -0.25) is 4.79 Å². The van der Waals surface area contributed by atoms with E-state index >= 15 is 0 Å². The van der Waals surface area contributed by atoms with Crippen LogP contribution in [-0.4, -0.2) is 34.5 Å². The molecule has 2 aromatic rings. The number of aromatic nitrogens is 2. The van der Waals surface area contributed by atoms with Gasteiger partial charge < -0.3 is 5.32 Å². The lowest BCUT2D eigenvalue weighted by Gasteiger charge is -2.32. The lowest BCUT2D eigenvalue weighted by molar-refractivity contribution is 0.0992. The lowest BCUT2D eigenvalue weighted by atomic mass is 9.95. The zero-order chi connectivity index (χ0) is 16.5. The van der Waals surface area contributed by atoms with Crippen molar-refractivity contribution in [3.63, 3.8) is 0 Å². The van der Waals surface area contributed by atoms with Gasteiger partial charge in [0.25, 0.3) is 0 Å². The van der Waals surface area contributed by atoms with Gasteiger partial charge in [0.05, 0.1) is 5.56 Å². The molecule has 1 aliphatic heterocycles. The molecular weight excluding hydrogens is 305 g/mol. The van der Waals surface area contributed by atoms with Gasteiger partial charge in [-0.1, -0.05) is 24.3 Å². The first-order valence-corrected chi connectivity index (χ1v) is 8.49. The molecule has 0 amide bonds. The van der Waals surface area contributed by atoms with Crippen molar-refractivity contribution in [3.8, 4) is 0 Å². The number of benzene rings is 1. The molecule has 1 aromatic carbocycles. The van der Waals surface area contributed by atoms with Crippen LogP contribution in [0.5, 0.6) is 0 Å². The van der Waals surface area contributed by atoms with Crippen molar-refractivity contribution in [2.24, 2.45) is 0 Å². The minimum atomic E-state index is -0.745. The third kappa shape index (κ3) is 3.36. The van der Waals surface area contributed by atoms with Crippen LogP contribution in [-0.2, 0) is 12.8 Å². The summed E-state index contributed by atoms with van der Waals surface area (Å²) in [7, 11) is 0. The van der Waals surface area contributed by atoms with E-state index in [9.17, 15) is 9.18 Å². The molecule has 24 heavy (non-hydrogen) atoms. The maximum atomic E-state index is 13.3. The van der Waals surface area contributed by atoms with E-state index in [1.807, 2.05) is 24.3 Å². The Labute approximate surface area is 140 Å². The van der Waals surface area contributed by atoms with Crippen LogP contribution in [0.1, 0.15) is 46.1 Å². The normalized spacial score (nSPS) is 22.9. The van der Waals surface area contributed by atoms with Crippen LogP contribution in [0.2, 0.25) is 0 Å². The minimum Gasteiger partial charge on any atom is -0.308 e. The second kappa shape index (κ2) is 6.40. The number of alkyl halides is 1. The summed E-state index contributed by atoms with van der Waals surface area (Å²) in [6.07, 6.45) is 5.86. The zero-order valence-electron chi connectivity index (χ0n) is 13.4. The number of Topliss-reactive ketones (excluding diaryl/α,β-unsaturated/α-hetero) is 1. The summed E-state index contributed by atoms with van der Waals surface area (Å²) in [6, 6.07) is 7.76. The molecular formula is C19H20FN3O. The molecule has 1 saturated heterocycles. The Morgan fingerprint density at radius 2 is 1.79 bits per heavy atom. The van der Waals surface area contributed by atoms with Crippen molar-refractivity contribution in [2.45, 2.75) is 43.8 Å². The molecule has 0 radical (unpaired) electrons. The molecule has 1 saturated carbocycles. The van der Waals surface area contributed by atoms with Crippen LogP contribution in [0.3, 0.4) is 0 Å². The highest BCUT2D eigenvalue weighted by atomic mass is 19.1. The molecule has 2 heterocycles. The van der Waals surface area contributed by atoms with Gasteiger partial charge in [0.2, 0.25) is 0 Å². The number of carbonyl (C=O) groups is 1. The second-order valence-electron chi connectivity index (χ2n) is 6.76. The maximum absolute atomic E-state index is 13.3. The van der Waals surface area contributed by atoms with Gasteiger partial charge in [0, 0.05) is 37.3 Å². The summed E-state index contributed by atoms with van der Waals surface area (Å²) in [5.41, 5.74) is 2.60. The van der Waals surface area contributed by atoms with Crippen molar-refractivity contribution in [3.05, 3.63) is 59.2 Å². The van der Waals surface area contributed by atoms with E-state index < -0.39 is 6.17 Å². The Morgan fingerprint density at radius 3 is 2.33 bits per heavy atom. The fourth-order valence-electron chi connectivity index (χ4n) is 2.94. The third-order valence-electron chi connectivity index (χ3n) is 4.79. The molecule has 124 valence electrons. The molecule has 2 aliphatic rings. The minimum absolute atomic E-state index is 0.0228. The van der Waals surface area contributed by atoms with Gasteiger partial charge in [-0.25, -0.2) is 14.4 Å². The standard InChI is InChI=1S/C19H20FN3O/c20-16-11-21-17(16)7-12-1-3-13(4-2-12)8-18(24)15-9-22-19(23-10-15)14-5-6-14/h1-4,9-10,14,16-17,21H,5-8,11H2/t16-,17-/m1/s1. The Hall–Kier alpha value is -2.14. The topological polar surface area (TPSA) is 54.9 Å². The van der Waals surface area contributed by atoms with Gasteiger partial charge in [-0.15, -0.1) is 0 Å². The van der Waals surface area contributed by atoms with Gasteiger partial charge in [-0.2, -0.15) is 0 Å². The second-order valence-corrected chi connectivity index (χ2v) is 6.76. The van der Waals surface area contributed by atoms with Crippen molar-refractivity contribution in [1.82, 2.24) is 15.3 Å². The number of nitrogens with one attached hydrogen (secondary N) is 1. The summed E-state index contributed by atoms with van der Waals surface area (Å²) in [5, 5.41) is 3.09. The molecule has 1 aliphatic carbocycles. The molecule has 4 rings (SSSR count). The maximum Gasteiger partial charge on any atom is 0.170 e. The zero-order valence-corrected chi connectivity index (χ0v) is 13.4. The Kier molecular flexibility index (Phi) is 4.10. The van der Waals surface area contributed by atoms with Crippen LogP contribution in [0.15, 0.2) is 36.7 Å². The summed E-state index contributed by atoms with van der Waals surface area (Å²) in [4.78, 5) is 20.9. The Bertz CT molecular complexity index is 725. The average Bonchev–Trinajstić information content (AvgIpc) is 3.45. The number of hydrogen-bond acceptors (Lipinski definition) is 4. The number of carbonyl (C=O) groups excluding carboxylic acids is 1. The number of rotatable bonds is 6. The monoisotopic (exact) mass is 325 g/mol. The van der Waals surface area contributed by atoms with Gasteiger partial charge in [0.1, 0.15) is 12.0 Å². The molecule has 2 fully saturated rings. The molecule has 1 aromatic heterocycles.